The molecule has 5 heterocycles. The van der Waals surface area contributed by atoms with E-state index in [1.165, 1.54) is 6.26 Å². The topological polar surface area (TPSA) is 85.8 Å². The van der Waals surface area contributed by atoms with Crippen LogP contribution < -0.4 is 0 Å². The lowest BCUT2D eigenvalue weighted by Crippen LogP contribution is -2.42. The smallest absolute Gasteiger partial charge is 0.257 e. The molecule has 1 fully saturated rings. The molecule has 8 heteroatoms. The Morgan fingerprint density at radius 2 is 2.00 bits per heavy atom. The number of fused-ring (bicyclic) bond motifs is 1. The molecule has 0 saturated carbocycles. The third-order valence-corrected chi connectivity index (χ3v) is 5.20. The van der Waals surface area contributed by atoms with E-state index in [1.807, 2.05) is 30.5 Å². The lowest BCUT2D eigenvalue weighted by atomic mass is 10.1. The zero-order valence-corrected chi connectivity index (χ0v) is 15.9. The number of pyridine rings is 2. The summed E-state index contributed by atoms with van der Waals surface area (Å²) in [5.41, 5.74) is 4.25. The van der Waals surface area contributed by atoms with Crippen LogP contribution in [0.5, 0.6) is 0 Å². The highest BCUT2D eigenvalue weighted by Crippen LogP contribution is 2.27. The molecule has 1 aliphatic rings. The minimum Gasteiger partial charge on any atom is -0.469 e. The van der Waals surface area contributed by atoms with E-state index >= 15 is 0 Å². The molecule has 4 aromatic heterocycles. The standard InChI is InChI=1S/C21H19N5O3/c1-14-17(6-10-28-14)21(27)25-9-11-29-19(13-25)20-18-3-2-16(12-26(18)24-23-20)15-4-7-22-8-5-15/h2-8,10,12,19H,9,11,13H2,1H3/t19-/m1/s1. The van der Waals surface area contributed by atoms with E-state index in [4.69, 9.17) is 9.15 Å². The molecule has 0 N–H and O–H groups in total. The summed E-state index contributed by atoms with van der Waals surface area (Å²) in [6.45, 7) is 3.19. The van der Waals surface area contributed by atoms with Gasteiger partial charge in [0.05, 0.1) is 30.5 Å². The molecule has 0 unspecified atom stereocenters. The predicted molar refractivity (Wildman–Crippen MR) is 104 cm³/mol. The lowest BCUT2D eigenvalue weighted by Gasteiger charge is -2.32. The maximum atomic E-state index is 12.8. The number of hydrogen-bond donors (Lipinski definition) is 0. The number of carbonyl (C=O) groups excluding carboxylic acids is 1. The third-order valence-electron chi connectivity index (χ3n) is 5.20. The van der Waals surface area contributed by atoms with Crippen molar-refractivity contribution in [3.05, 3.63) is 72.2 Å². The number of rotatable bonds is 3. The number of ether oxygens (including phenoxy) is 1. The first-order valence-corrected chi connectivity index (χ1v) is 9.41. The van der Waals surface area contributed by atoms with Gasteiger partial charge in [0.25, 0.3) is 5.91 Å². The molecular formula is C21H19N5O3. The maximum Gasteiger partial charge on any atom is 0.257 e. The van der Waals surface area contributed by atoms with Crippen molar-refractivity contribution >= 4 is 11.4 Å². The Kier molecular flexibility index (Phi) is 4.33. The van der Waals surface area contributed by atoms with Crippen molar-refractivity contribution in [2.24, 2.45) is 0 Å². The van der Waals surface area contributed by atoms with E-state index in [0.717, 1.165) is 22.3 Å². The number of aromatic nitrogens is 4. The van der Waals surface area contributed by atoms with Crippen molar-refractivity contribution in [2.75, 3.05) is 19.7 Å². The second-order valence-electron chi connectivity index (χ2n) is 6.96. The van der Waals surface area contributed by atoms with Crippen LogP contribution in [-0.2, 0) is 4.74 Å². The first kappa shape index (κ1) is 17.6. The Morgan fingerprint density at radius 1 is 1.14 bits per heavy atom. The average Bonchev–Trinajstić information content (AvgIpc) is 3.39. The van der Waals surface area contributed by atoms with E-state index in [2.05, 4.69) is 15.3 Å². The van der Waals surface area contributed by atoms with Gasteiger partial charge in [-0.05, 0) is 36.8 Å². The number of amides is 1. The Labute approximate surface area is 166 Å². The van der Waals surface area contributed by atoms with Crippen molar-refractivity contribution in [3.8, 4) is 11.1 Å². The van der Waals surface area contributed by atoms with Gasteiger partial charge >= 0.3 is 0 Å². The molecule has 0 aliphatic carbocycles. The summed E-state index contributed by atoms with van der Waals surface area (Å²) >= 11 is 0. The van der Waals surface area contributed by atoms with Crippen LogP contribution in [0.3, 0.4) is 0 Å². The molecule has 0 bridgehead atoms. The van der Waals surface area contributed by atoms with E-state index in [0.29, 0.717) is 31.0 Å². The second-order valence-corrected chi connectivity index (χ2v) is 6.96. The zero-order chi connectivity index (χ0) is 19.8. The van der Waals surface area contributed by atoms with Crippen LogP contribution in [-0.4, -0.2) is 50.3 Å². The molecule has 0 spiro atoms. The van der Waals surface area contributed by atoms with Crippen molar-refractivity contribution in [1.29, 1.82) is 0 Å². The van der Waals surface area contributed by atoms with Crippen LogP contribution in [0.1, 0.15) is 27.9 Å². The van der Waals surface area contributed by atoms with Crippen LogP contribution in [0.15, 0.2) is 59.6 Å². The summed E-state index contributed by atoms with van der Waals surface area (Å²) in [5.74, 6) is 0.566. The highest BCUT2D eigenvalue weighted by atomic mass is 16.5. The summed E-state index contributed by atoms with van der Waals surface area (Å²) in [4.78, 5) is 18.7. The van der Waals surface area contributed by atoms with Gasteiger partial charge in [-0.3, -0.25) is 9.78 Å². The monoisotopic (exact) mass is 389 g/mol. The van der Waals surface area contributed by atoms with Crippen molar-refractivity contribution < 1.29 is 13.9 Å². The fraction of sp³-hybridized carbons (Fsp3) is 0.238. The molecule has 1 aliphatic heterocycles. The Morgan fingerprint density at radius 3 is 2.79 bits per heavy atom. The summed E-state index contributed by atoms with van der Waals surface area (Å²) in [7, 11) is 0. The Bertz CT molecular complexity index is 1170. The van der Waals surface area contributed by atoms with Crippen molar-refractivity contribution in [3.63, 3.8) is 0 Å². The molecule has 5 rings (SSSR count). The number of hydrogen-bond acceptors (Lipinski definition) is 6. The molecule has 0 aromatic carbocycles. The molecule has 0 radical (unpaired) electrons. The average molecular weight is 389 g/mol. The quantitative estimate of drug-likeness (QED) is 0.536. The summed E-state index contributed by atoms with van der Waals surface area (Å²) in [6, 6.07) is 9.61. The first-order valence-electron chi connectivity index (χ1n) is 9.41. The molecule has 29 heavy (non-hydrogen) atoms. The highest BCUT2D eigenvalue weighted by Gasteiger charge is 2.30. The lowest BCUT2D eigenvalue weighted by molar-refractivity contribution is -0.0241. The number of morpholine rings is 1. The predicted octanol–water partition coefficient (Wildman–Crippen LogP) is 2.91. The van der Waals surface area contributed by atoms with Crippen LogP contribution >= 0.6 is 0 Å². The molecule has 1 saturated heterocycles. The van der Waals surface area contributed by atoms with Crippen molar-refractivity contribution in [2.45, 2.75) is 13.0 Å². The molecule has 1 atom stereocenters. The normalized spacial score (nSPS) is 17.0. The largest absolute Gasteiger partial charge is 0.469 e. The fourth-order valence-electron chi connectivity index (χ4n) is 3.63. The fourth-order valence-corrected chi connectivity index (χ4v) is 3.63. The number of carbonyl (C=O) groups is 1. The summed E-state index contributed by atoms with van der Waals surface area (Å²) in [6.07, 6.45) is 6.66. The molecular weight excluding hydrogens is 370 g/mol. The summed E-state index contributed by atoms with van der Waals surface area (Å²) < 4.78 is 12.9. The summed E-state index contributed by atoms with van der Waals surface area (Å²) in [5, 5.41) is 8.61. The van der Waals surface area contributed by atoms with Crippen molar-refractivity contribution in [1.82, 2.24) is 24.7 Å². The Balaban J connectivity index is 1.42. The minimum absolute atomic E-state index is 0.0546. The van der Waals surface area contributed by atoms with Crippen LogP contribution in [0, 0.1) is 6.92 Å². The van der Waals surface area contributed by atoms with Gasteiger partial charge in [-0.1, -0.05) is 11.3 Å². The van der Waals surface area contributed by atoms with Crippen LogP contribution in [0.2, 0.25) is 0 Å². The number of aryl methyl sites for hydroxylation is 1. The van der Waals surface area contributed by atoms with E-state index in [-0.39, 0.29) is 12.0 Å². The molecule has 1 amide bonds. The van der Waals surface area contributed by atoms with Gasteiger partial charge < -0.3 is 14.1 Å². The van der Waals surface area contributed by atoms with E-state index in [1.54, 1.807) is 34.8 Å². The molecule has 4 aromatic rings. The van der Waals surface area contributed by atoms with Crippen LogP contribution in [0.4, 0.5) is 0 Å². The third kappa shape index (κ3) is 3.17. The SMILES string of the molecule is Cc1occc1C(=O)N1CCO[C@@H](c2nnn3cc(-c4ccncc4)ccc23)C1. The minimum atomic E-state index is -0.329. The Hall–Kier alpha value is -3.52. The van der Waals surface area contributed by atoms with E-state index < -0.39 is 0 Å². The van der Waals surface area contributed by atoms with Crippen LogP contribution in [0.25, 0.3) is 16.6 Å². The van der Waals surface area contributed by atoms with Gasteiger partial charge in [0.2, 0.25) is 0 Å². The van der Waals surface area contributed by atoms with Gasteiger partial charge in [-0.15, -0.1) is 5.10 Å². The highest BCUT2D eigenvalue weighted by molar-refractivity contribution is 5.95. The number of nitrogens with zero attached hydrogens (tertiary/aromatic N) is 5. The van der Waals surface area contributed by atoms with Gasteiger partial charge in [0, 0.05) is 30.7 Å². The van der Waals surface area contributed by atoms with Gasteiger partial charge in [0.1, 0.15) is 17.6 Å². The van der Waals surface area contributed by atoms with Gasteiger partial charge in [0.15, 0.2) is 0 Å². The molecule has 146 valence electrons. The van der Waals surface area contributed by atoms with Gasteiger partial charge in [-0.2, -0.15) is 0 Å². The second kappa shape index (κ2) is 7.14. The first-order chi connectivity index (χ1) is 14.2. The zero-order valence-electron chi connectivity index (χ0n) is 15.9. The number of furan rings is 1. The van der Waals surface area contributed by atoms with Gasteiger partial charge in [-0.25, -0.2) is 4.52 Å². The van der Waals surface area contributed by atoms with E-state index in [9.17, 15) is 4.79 Å². The molecule has 8 nitrogen and oxygen atoms in total. The maximum absolute atomic E-state index is 12.8.